The van der Waals surface area contributed by atoms with Crippen molar-refractivity contribution in [1.82, 2.24) is 13.9 Å². The third kappa shape index (κ3) is 2.61. The van der Waals surface area contributed by atoms with Crippen LogP contribution in [-0.2, 0) is 14.9 Å². The Bertz CT molecular complexity index is 355. The Kier molecular flexibility index (Phi) is 4.01. The summed E-state index contributed by atoms with van der Waals surface area (Å²) in [7, 11) is -1.97. The highest BCUT2D eigenvalue weighted by atomic mass is 32.2. The minimum absolute atomic E-state index is 0.378. The molecule has 0 bridgehead atoms. The van der Waals surface area contributed by atoms with Gasteiger partial charge in [0, 0.05) is 33.2 Å². The van der Waals surface area contributed by atoms with E-state index in [2.05, 4.69) is 5.32 Å². The standard InChI is InChI=1S/C9H19N3O4S/c1-11(8-6-10-7-9(8)13)17(14,15)12-2-4-16-5-3-12/h8-10,13H,2-7H2,1H3/t8-,9-/m1/s1. The highest BCUT2D eigenvalue weighted by molar-refractivity contribution is 7.86. The largest absolute Gasteiger partial charge is 0.390 e. The maximum atomic E-state index is 12.3. The first-order valence-corrected chi connectivity index (χ1v) is 7.13. The number of likely N-dealkylation sites (N-methyl/N-ethyl adjacent to an activating group) is 1. The van der Waals surface area contributed by atoms with Crippen LogP contribution >= 0.6 is 0 Å². The molecule has 2 aliphatic rings. The lowest BCUT2D eigenvalue weighted by molar-refractivity contribution is 0.0675. The second-order valence-electron chi connectivity index (χ2n) is 4.33. The Morgan fingerprint density at radius 2 is 2.00 bits per heavy atom. The lowest BCUT2D eigenvalue weighted by Crippen LogP contribution is -2.53. The second-order valence-corrected chi connectivity index (χ2v) is 6.32. The van der Waals surface area contributed by atoms with Crippen molar-refractivity contribution < 1.29 is 18.3 Å². The number of morpholine rings is 1. The molecule has 0 aromatic carbocycles. The number of ether oxygens (including phenoxy) is 1. The van der Waals surface area contributed by atoms with Crippen LogP contribution in [0.2, 0.25) is 0 Å². The van der Waals surface area contributed by atoms with E-state index in [0.717, 1.165) is 0 Å². The van der Waals surface area contributed by atoms with Crippen molar-refractivity contribution in [3.63, 3.8) is 0 Å². The number of aliphatic hydroxyl groups excluding tert-OH is 1. The van der Waals surface area contributed by atoms with Crippen molar-refractivity contribution in [2.75, 3.05) is 46.4 Å². The Hall–Kier alpha value is -0.250. The molecule has 0 aromatic rings. The molecule has 2 heterocycles. The number of aliphatic hydroxyl groups is 1. The Morgan fingerprint density at radius 1 is 1.35 bits per heavy atom. The molecule has 7 nitrogen and oxygen atoms in total. The van der Waals surface area contributed by atoms with Crippen molar-refractivity contribution in [3.05, 3.63) is 0 Å². The molecule has 100 valence electrons. The van der Waals surface area contributed by atoms with E-state index in [9.17, 15) is 13.5 Å². The van der Waals surface area contributed by atoms with E-state index in [4.69, 9.17) is 4.74 Å². The lowest BCUT2D eigenvalue weighted by Gasteiger charge is -2.33. The van der Waals surface area contributed by atoms with E-state index in [0.29, 0.717) is 39.4 Å². The van der Waals surface area contributed by atoms with Gasteiger partial charge in [0.15, 0.2) is 0 Å². The van der Waals surface area contributed by atoms with Crippen LogP contribution in [0.5, 0.6) is 0 Å². The first-order chi connectivity index (χ1) is 8.03. The van der Waals surface area contributed by atoms with Crippen molar-refractivity contribution in [2.24, 2.45) is 0 Å². The van der Waals surface area contributed by atoms with Gasteiger partial charge in [0.2, 0.25) is 0 Å². The third-order valence-electron chi connectivity index (χ3n) is 3.28. The van der Waals surface area contributed by atoms with Crippen molar-refractivity contribution in [3.8, 4) is 0 Å². The molecule has 2 saturated heterocycles. The van der Waals surface area contributed by atoms with Gasteiger partial charge in [-0.15, -0.1) is 0 Å². The SMILES string of the molecule is CN([C@@H]1CNC[C@H]1O)S(=O)(=O)N1CCOCC1. The molecule has 2 atom stereocenters. The van der Waals surface area contributed by atoms with Gasteiger partial charge >= 0.3 is 0 Å². The zero-order valence-electron chi connectivity index (χ0n) is 9.87. The van der Waals surface area contributed by atoms with Gasteiger partial charge in [0.1, 0.15) is 0 Å². The molecule has 2 fully saturated rings. The molecule has 0 spiro atoms. The molecule has 2 aliphatic heterocycles. The molecule has 0 saturated carbocycles. The molecule has 0 radical (unpaired) electrons. The van der Waals surface area contributed by atoms with Crippen LogP contribution in [0.25, 0.3) is 0 Å². The summed E-state index contributed by atoms with van der Waals surface area (Å²) < 4.78 is 32.4. The fourth-order valence-corrected chi connectivity index (χ4v) is 3.68. The third-order valence-corrected chi connectivity index (χ3v) is 5.29. The smallest absolute Gasteiger partial charge is 0.282 e. The van der Waals surface area contributed by atoms with E-state index in [1.165, 1.54) is 15.7 Å². The zero-order chi connectivity index (χ0) is 12.5. The summed E-state index contributed by atoms with van der Waals surface area (Å²) >= 11 is 0. The molecule has 2 rings (SSSR count). The van der Waals surface area contributed by atoms with E-state index >= 15 is 0 Å². The summed E-state index contributed by atoms with van der Waals surface area (Å²) in [4.78, 5) is 0. The number of hydrogen-bond donors (Lipinski definition) is 2. The van der Waals surface area contributed by atoms with E-state index in [-0.39, 0.29) is 6.04 Å². The van der Waals surface area contributed by atoms with E-state index in [1.54, 1.807) is 0 Å². The Balaban J connectivity index is 2.08. The maximum absolute atomic E-state index is 12.3. The van der Waals surface area contributed by atoms with Crippen LogP contribution < -0.4 is 5.32 Å². The van der Waals surface area contributed by atoms with Gasteiger partial charge in [0.25, 0.3) is 10.2 Å². The molecule has 17 heavy (non-hydrogen) atoms. The number of nitrogens with zero attached hydrogens (tertiary/aromatic N) is 2. The van der Waals surface area contributed by atoms with Crippen LogP contribution in [-0.4, -0.2) is 80.7 Å². The molecule has 0 unspecified atom stereocenters. The molecule has 2 N–H and O–H groups in total. The van der Waals surface area contributed by atoms with Gasteiger partial charge in [-0.2, -0.15) is 17.0 Å². The maximum Gasteiger partial charge on any atom is 0.282 e. The normalized spacial score (nSPS) is 32.2. The number of hydrogen-bond acceptors (Lipinski definition) is 5. The topological polar surface area (TPSA) is 82.1 Å². The highest BCUT2D eigenvalue weighted by Crippen LogP contribution is 2.16. The molecule has 0 aromatic heterocycles. The average Bonchev–Trinajstić information content (AvgIpc) is 2.75. The van der Waals surface area contributed by atoms with Gasteiger partial charge in [-0.25, -0.2) is 0 Å². The summed E-state index contributed by atoms with van der Waals surface area (Å²) in [5, 5.41) is 12.7. The Morgan fingerprint density at radius 3 is 2.53 bits per heavy atom. The molecule has 0 amide bonds. The summed E-state index contributed by atoms with van der Waals surface area (Å²) in [5.74, 6) is 0. The molecule has 8 heteroatoms. The molecule has 0 aliphatic carbocycles. The monoisotopic (exact) mass is 265 g/mol. The van der Waals surface area contributed by atoms with Crippen molar-refractivity contribution >= 4 is 10.2 Å². The predicted octanol–water partition coefficient (Wildman–Crippen LogP) is -2.17. The van der Waals surface area contributed by atoms with Crippen LogP contribution in [0.1, 0.15) is 0 Å². The van der Waals surface area contributed by atoms with E-state index in [1.807, 2.05) is 0 Å². The van der Waals surface area contributed by atoms with Crippen LogP contribution in [0.15, 0.2) is 0 Å². The fraction of sp³-hybridized carbons (Fsp3) is 1.00. The molecular formula is C9H19N3O4S. The fourth-order valence-electron chi connectivity index (χ4n) is 2.15. The first kappa shape index (κ1) is 13.2. The predicted molar refractivity (Wildman–Crippen MR) is 61.7 cm³/mol. The lowest BCUT2D eigenvalue weighted by atomic mass is 10.2. The van der Waals surface area contributed by atoms with Gasteiger partial charge in [-0.3, -0.25) is 0 Å². The first-order valence-electron chi connectivity index (χ1n) is 5.73. The van der Waals surface area contributed by atoms with Gasteiger partial charge < -0.3 is 15.2 Å². The van der Waals surface area contributed by atoms with Gasteiger partial charge in [-0.1, -0.05) is 0 Å². The van der Waals surface area contributed by atoms with Crippen molar-refractivity contribution in [2.45, 2.75) is 12.1 Å². The Labute approximate surface area is 102 Å². The summed E-state index contributed by atoms with van der Waals surface area (Å²) in [6.45, 7) is 2.54. The zero-order valence-corrected chi connectivity index (χ0v) is 10.7. The molecular weight excluding hydrogens is 246 g/mol. The summed E-state index contributed by atoms with van der Waals surface area (Å²) in [6, 6.07) is -0.386. The second kappa shape index (κ2) is 5.17. The van der Waals surface area contributed by atoms with Crippen molar-refractivity contribution in [1.29, 1.82) is 0 Å². The minimum atomic E-state index is -3.49. The minimum Gasteiger partial charge on any atom is -0.390 e. The van der Waals surface area contributed by atoms with Gasteiger partial charge in [0.05, 0.1) is 25.4 Å². The van der Waals surface area contributed by atoms with E-state index < -0.39 is 16.3 Å². The van der Waals surface area contributed by atoms with Crippen LogP contribution in [0, 0.1) is 0 Å². The van der Waals surface area contributed by atoms with Gasteiger partial charge in [-0.05, 0) is 0 Å². The quantitative estimate of drug-likeness (QED) is 0.607. The highest BCUT2D eigenvalue weighted by Gasteiger charge is 2.38. The summed E-state index contributed by atoms with van der Waals surface area (Å²) in [6.07, 6.45) is -0.643. The number of rotatable bonds is 3. The van der Waals surface area contributed by atoms with Crippen LogP contribution in [0.3, 0.4) is 0 Å². The average molecular weight is 265 g/mol. The number of nitrogens with one attached hydrogen (secondary N) is 1. The van der Waals surface area contributed by atoms with Crippen LogP contribution in [0.4, 0.5) is 0 Å². The summed E-state index contributed by atoms with van der Waals surface area (Å²) in [5.41, 5.74) is 0. The number of β-amino-alcohol motifs (C(OH)–C–C–N with tert-alkyl or cyclic N) is 1.